The Morgan fingerprint density at radius 1 is 0.288 bits per heavy atom. The van der Waals surface area contributed by atoms with Crippen LogP contribution in [0.1, 0.15) is 303 Å². The van der Waals surface area contributed by atoms with E-state index in [9.17, 15) is 14.4 Å². The van der Waals surface area contributed by atoms with Gasteiger partial charge >= 0.3 is 17.9 Å². The van der Waals surface area contributed by atoms with Crippen molar-refractivity contribution in [3.05, 3.63) is 85.1 Å². The Hall–Kier alpha value is -3.41. The lowest BCUT2D eigenvalue weighted by Crippen LogP contribution is -2.30. The van der Waals surface area contributed by atoms with E-state index >= 15 is 0 Å². The van der Waals surface area contributed by atoms with Crippen molar-refractivity contribution in [3.8, 4) is 0 Å². The third kappa shape index (κ3) is 59.3. The molecular weight excluding hydrogens is 901 g/mol. The molecule has 0 radical (unpaired) electrons. The van der Waals surface area contributed by atoms with Crippen molar-refractivity contribution in [1.82, 2.24) is 0 Å². The Balaban J connectivity index is 4.39. The van der Waals surface area contributed by atoms with Gasteiger partial charge in [-0.3, -0.25) is 14.4 Å². The van der Waals surface area contributed by atoms with Gasteiger partial charge in [-0.2, -0.15) is 0 Å². The number of rotatable bonds is 56. The monoisotopic (exact) mass is 1020 g/mol. The maximum absolute atomic E-state index is 12.9. The van der Waals surface area contributed by atoms with Crippen molar-refractivity contribution in [2.45, 2.75) is 309 Å². The molecule has 1 unspecified atom stereocenters. The summed E-state index contributed by atoms with van der Waals surface area (Å²) in [6.45, 7) is 6.52. The third-order valence-electron chi connectivity index (χ3n) is 13.4. The van der Waals surface area contributed by atoms with Crippen molar-refractivity contribution in [3.63, 3.8) is 0 Å². The maximum Gasteiger partial charge on any atom is 0.306 e. The van der Waals surface area contributed by atoms with Crippen LogP contribution in [0.15, 0.2) is 85.1 Å². The van der Waals surface area contributed by atoms with E-state index in [0.717, 1.165) is 103 Å². The van der Waals surface area contributed by atoms with Gasteiger partial charge in [-0.05, 0) is 116 Å². The van der Waals surface area contributed by atoms with Crippen molar-refractivity contribution >= 4 is 17.9 Å². The molecule has 0 rings (SSSR count). The molecule has 0 aliphatic rings. The van der Waals surface area contributed by atoms with E-state index < -0.39 is 6.10 Å². The Morgan fingerprint density at radius 3 is 0.849 bits per heavy atom. The van der Waals surface area contributed by atoms with Gasteiger partial charge in [0.1, 0.15) is 13.2 Å². The number of esters is 3. The van der Waals surface area contributed by atoms with Crippen LogP contribution >= 0.6 is 0 Å². The molecule has 0 aromatic carbocycles. The standard InChI is InChI=1S/C67H116O6/c1-4-7-10-13-16-19-22-25-28-30-31-32-33-34-35-37-39-42-45-48-51-54-57-60-66(69)72-63-64(62-71-65(68)59-56-53-50-47-44-41-38-27-24-21-18-15-12-9-6-3)73-67(70)61-58-55-52-49-46-43-40-36-29-26-23-20-17-14-11-8-5-2/h7,10,16,19,25-29,31-32,34-35,38,64H,4-6,8-9,11-15,17-18,20-24,30,33,36-37,39-63H2,1-3H3/b10-7-,19-16-,28-25-,29-26-,32-31-,35-34-,38-27-. The van der Waals surface area contributed by atoms with E-state index in [2.05, 4.69) is 106 Å². The summed E-state index contributed by atoms with van der Waals surface area (Å²) in [7, 11) is 0. The van der Waals surface area contributed by atoms with E-state index in [1.807, 2.05) is 0 Å². The van der Waals surface area contributed by atoms with Gasteiger partial charge in [-0.25, -0.2) is 0 Å². The summed E-state index contributed by atoms with van der Waals surface area (Å²) in [5, 5.41) is 0. The van der Waals surface area contributed by atoms with E-state index in [0.29, 0.717) is 19.3 Å². The fourth-order valence-electron chi connectivity index (χ4n) is 8.69. The van der Waals surface area contributed by atoms with Gasteiger partial charge in [0.2, 0.25) is 0 Å². The largest absolute Gasteiger partial charge is 0.462 e. The molecule has 1 atom stereocenters. The smallest absolute Gasteiger partial charge is 0.306 e. The fourth-order valence-corrected chi connectivity index (χ4v) is 8.69. The van der Waals surface area contributed by atoms with E-state index in [4.69, 9.17) is 14.2 Å². The van der Waals surface area contributed by atoms with Crippen molar-refractivity contribution < 1.29 is 28.6 Å². The van der Waals surface area contributed by atoms with Gasteiger partial charge in [0, 0.05) is 19.3 Å². The Labute approximate surface area is 452 Å². The predicted molar refractivity (Wildman–Crippen MR) is 316 cm³/mol. The topological polar surface area (TPSA) is 78.9 Å². The van der Waals surface area contributed by atoms with Crippen LogP contribution in [-0.4, -0.2) is 37.2 Å². The highest BCUT2D eigenvalue weighted by molar-refractivity contribution is 5.71. The van der Waals surface area contributed by atoms with Crippen molar-refractivity contribution in [1.29, 1.82) is 0 Å². The molecule has 0 aliphatic carbocycles. The Kier molecular flexibility index (Phi) is 58.3. The first-order valence-electron chi connectivity index (χ1n) is 31.1. The summed E-state index contributed by atoms with van der Waals surface area (Å²) < 4.78 is 16.9. The third-order valence-corrected chi connectivity index (χ3v) is 13.4. The lowest BCUT2D eigenvalue weighted by molar-refractivity contribution is -0.167. The number of hydrogen-bond acceptors (Lipinski definition) is 6. The summed E-state index contributed by atoms with van der Waals surface area (Å²) >= 11 is 0. The summed E-state index contributed by atoms with van der Waals surface area (Å²) in [6.07, 6.45) is 80.0. The number of carbonyl (C=O) groups excluding carboxylic acids is 3. The molecule has 0 aromatic rings. The molecule has 0 N–H and O–H groups in total. The number of allylic oxidation sites excluding steroid dienone is 14. The second-order valence-electron chi connectivity index (χ2n) is 20.6. The van der Waals surface area contributed by atoms with Crippen molar-refractivity contribution in [2.24, 2.45) is 0 Å². The average molecular weight is 1020 g/mol. The second-order valence-corrected chi connectivity index (χ2v) is 20.6. The molecule has 0 bridgehead atoms. The van der Waals surface area contributed by atoms with Gasteiger partial charge in [0.15, 0.2) is 6.10 Å². The number of ether oxygens (including phenoxy) is 3. The van der Waals surface area contributed by atoms with Crippen LogP contribution in [0.3, 0.4) is 0 Å². The molecule has 0 saturated carbocycles. The van der Waals surface area contributed by atoms with Gasteiger partial charge < -0.3 is 14.2 Å². The van der Waals surface area contributed by atoms with Gasteiger partial charge in [-0.15, -0.1) is 0 Å². The molecule has 6 heteroatoms. The van der Waals surface area contributed by atoms with Gasteiger partial charge in [-0.1, -0.05) is 254 Å². The predicted octanol–water partition coefficient (Wildman–Crippen LogP) is 21.1. The second kappa shape index (κ2) is 61.1. The number of unbranched alkanes of at least 4 members (excludes halogenated alkanes) is 31. The summed E-state index contributed by atoms with van der Waals surface area (Å²) in [5.74, 6) is -0.898. The Morgan fingerprint density at radius 2 is 0.534 bits per heavy atom. The quantitative estimate of drug-likeness (QED) is 0.0261. The molecule has 0 fully saturated rings. The van der Waals surface area contributed by atoms with E-state index in [1.54, 1.807) is 0 Å². The average Bonchev–Trinajstić information content (AvgIpc) is 3.39. The van der Waals surface area contributed by atoms with Crippen LogP contribution < -0.4 is 0 Å². The molecule has 0 saturated heterocycles. The zero-order chi connectivity index (χ0) is 52.9. The maximum atomic E-state index is 12.9. The first kappa shape index (κ1) is 69.6. The molecule has 73 heavy (non-hydrogen) atoms. The number of carbonyl (C=O) groups is 3. The molecule has 0 aliphatic heterocycles. The van der Waals surface area contributed by atoms with Gasteiger partial charge in [0.25, 0.3) is 0 Å². The first-order valence-corrected chi connectivity index (χ1v) is 31.1. The fraction of sp³-hybridized carbons (Fsp3) is 0.746. The minimum atomic E-state index is -0.788. The van der Waals surface area contributed by atoms with Crippen molar-refractivity contribution in [2.75, 3.05) is 13.2 Å². The minimum Gasteiger partial charge on any atom is -0.462 e. The summed E-state index contributed by atoms with van der Waals surface area (Å²) in [5.41, 5.74) is 0. The molecule has 0 spiro atoms. The Bertz CT molecular complexity index is 1400. The summed E-state index contributed by atoms with van der Waals surface area (Å²) in [6, 6.07) is 0. The zero-order valence-electron chi connectivity index (χ0n) is 48.1. The van der Waals surface area contributed by atoms with Crippen LogP contribution in [0, 0.1) is 0 Å². The normalized spacial score (nSPS) is 12.6. The highest BCUT2D eigenvalue weighted by Gasteiger charge is 2.19. The lowest BCUT2D eigenvalue weighted by atomic mass is 10.1. The number of hydrogen-bond donors (Lipinski definition) is 0. The van der Waals surface area contributed by atoms with Crippen LogP contribution in [0.5, 0.6) is 0 Å². The van der Waals surface area contributed by atoms with Gasteiger partial charge in [0.05, 0.1) is 0 Å². The molecule has 420 valence electrons. The van der Waals surface area contributed by atoms with Crippen LogP contribution in [-0.2, 0) is 28.6 Å². The molecule has 0 amide bonds. The van der Waals surface area contributed by atoms with Crippen LogP contribution in [0.4, 0.5) is 0 Å². The molecule has 0 aromatic heterocycles. The highest BCUT2D eigenvalue weighted by atomic mass is 16.6. The highest BCUT2D eigenvalue weighted by Crippen LogP contribution is 2.15. The lowest BCUT2D eigenvalue weighted by Gasteiger charge is -2.18. The first-order chi connectivity index (χ1) is 36.0. The van der Waals surface area contributed by atoms with E-state index in [-0.39, 0.29) is 31.1 Å². The SMILES string of the molecule is CC/C=C\C/C=C\C/C=C\C/C=C\C/C=C\CCCCCCCCCC(=O)OCC(COC(=O)CCCCCCC/C=C\CCCCCCCC)OC(=O)CCCCCCCCC/C=C\CCCCCCCC. The van der Waals surface area contributed by atoms with E-state index in [1.165, 1.54) is 161 Å². The molecule has 0 heterocycles. The van der Waals surface area contributed by atoms with Crippen LogP contribution in [0.2, 0.25) is 0 Å². The zero-order valence-corrected chi connectivity index (χ0v) is 48.1. The molecular formula is C67H116O6. The minimum absolute atomic E-state index is 0.0851. The summed E-state index contributed by atoms with van der Waals surface area (Å²) in [4.78, 5) is 38.3. The van der Waals surface area contributed by atoms with Crippen LogP contribution in [0.25, 0.3) is 0 Å². The molecule has 6 nitrogen and oxygen atoms in total.